The van der Waals surface area contributed by atoms with E-state index in [4.69, 9.17) is 0 Å². The molecule has 0 unspecified atom stereocenters. The van der Waals surface area contributed by atoms with Gasteiger partial charge in [-0.2, -0.15) is 20.0 Å². The molecule has 0 spiro atoms. The molecular weight excluding hydrogens is 364 g/mol. The third-order valence-corrected chi connectivity index (χ3v) is 5.33. The van der Waals surface area contributed by atoms with Gasteiger partial charge in [0, 0.05) is 17.3 Å². The molecule has 1 aromatic carbocycles. The highest BCUT2D eigenvalue weighted by atomic mass is 16.1. The lowest BCUT2D eigenvalue weighted by molar-refractivity contribution is 0.391. The Balaban J connectivity index is 1.91. The first-order chi connectivity index (χ1) is 13.8. The van der Waals surface area contributed by atoms with E-state index in [9.17, 15) is 10.1 Å². The third-order valence-electron chi connectivity index (χ3n) is 5.33. The van der Waals surface area contributed by atoms with Gasteiger partial charge in [-0.05, 0) is 25.3 Å². The van der Waals surface area contributed by atoms with E-state index in [1.54, 1.807) is 6.20 Å². The van der Waals surface area contributed by atoms with E-state index in [1.165, 1.54) is 10.7 Å². The highest BCUT2D eigenvalue weighted by Gasteiger charge is 2.25. The van der Waals surface area contributed by atoms with Crippen LogP contribution in [0, 0.1) is 11.3 Å². The summed E-state index contributed by atoms with van der Waals surface area (Å²) in [4.78, 5) is 16.3. The molecular formula is C22H22N6O. The first kappa shape index (κ1) is 18.7. The molecule has 7 heteroatoms. The van der Waals surface area contributed by atoms with E-state index >= 15 is 0 Å². The fourth-order valence-electron chi connectivity index (χ4n) is 3.61. The fraction of sp³-hybridized carbons (Fsp3) is 0.273. The predicted molar refractivity (Wildman–Crippen MR) is 111 cm³/mol. The van der Waals surface area contributed by atoms with Gasteiger partial charge in [0.25, 0.3) is 5.56 Å². The van der Waals surface area contributed by atoms with Crippen molar-refractivity contribution in [2.24, 2.45) is 0 Å². The highest BCUT2D eigenvalue weighted by Crippen LogP contribution is 2.30. The van der Waals surface area contributed by atoms with Gasteiger partial charge in [-0.1, -0.05) is 44.2 Å². The third kappa shape index (κ3) is 2.93. The Labute approximate surface area is 168 Å². The van der Waals surface area contributed by atoms with Crippen LogP contribution in [0.3, 0.4) is 0 Å². The summed E-state index contributed by atoms with van der Waals surface area (Å²) in [5.41, 5.74) is 3.35. The molecule has 0 atom stereocenters. The standard InChI is InChI=1S/C22H22N6O/c1-14(2)18-19(26-20-15(10-23)11-25-28(20)21(18)29)16-12-24-27(13-16)22(3,4)17-8-6-5-7-9-17/h5-9,11-14,26H,1-4H3. The minimum absolute atomic E-state index is 0.0293. The van der Waals surface area contributed by atoms with Gasteiger partial charge in [0.1, 0.15) is 11.6 Å². The van der Waals surface area contributed by atoms with Crippen molar-refractivity contribution in [3.63, 3.8) is 0 Å². The van der Waals surface area contributed by atoms with Crippen LogP contribution in [0.25, 0.3) is 16.9 Å². The van der Waals surface area contributed by atoms with E-state index in [0.29, 0.717) is 22.5 Å². The molecule has 4 aromatic rings. The second kappa shape index (κ2) is 6.74. The topological polar surface area (TPSA) is 91.8 Å². The van der Waals surface area contributed by atoms with Crippen LogP contribution in [0.4, 0.5) is 0 Å². The molecule has 0 aliphatic rings. The molecule has 3 heterocycles. The van der Waals surface area contributed by atoms with Crippen LogP contribution in [-0.2, 0) is 5.54 Å². The SMILES string of the molecule is CC(C)c1c(-c2cnn(C(C)(C)c3ccccc3)c2)[nH]c2c(C#N)cnn2c1=O. The van der Waals surface area contributed by atoms with Crippen molar-refractivity contribution in [2.45, 2.75) is 39.2 Å². The van der Waals surface area contributed by atoms with Crippen molar-refractivity contribution in [2.75, 3.05) is 0 Å². The minimum Gasteiger partial charge on any atom is -0.338 e. The molecule has 3 aromatic heterocycles. The molecule has 0 aliphatic carbocycles. The van der Waals surface area contributed by atoms with Crippen molar-refractivity contribution in [1.82, 2.24) is 24.4 Å². The highest BCUT2D eigenvalue weighted by molar-refractivity contribution is 5.67. The molecule has 0 bridgehead atoms. The van der Waals surface area contributed by atoms with Crippen molar-refractivity contribution in [3.05, 3.63) is 76.0 Å². The number of hydrogen-bond donors (Lipinski definition) is 1. The number of fused-ring (bicyclic) bond motifs is 1. The number of nitrogens with zero attached hydrogens (tertiary/aromatic N) is 5. The van der Waals surface area contributed by atoms with Crippen molar-refractivity contribution in [3.8, 4) is 17.3 Å². The molecule has 29 heavy (non-hydrogen) atoms. The van der Waals surface area contributed by atoms with Crippen LogP contribution >= 0.6 is 0 Å². The van der Waals surface area contributed by atoms with Crippen LogP contribution in [0.15, 0.2) is 53.7 Å². The van der Waals surface area contributed by atoms with Crippen LogP contribution in [0.5, 0.6) is 0 Å². The largest absolute Gasteiger partial charge is 0.338 e. The number of benzene rings is 1. The molecule has 1 N–H and O–H groups in total. The lowest BCUT2D eigenvalue weighted by Gasteiger charge is -2.26. The Morgan fingerprint density at radius 2 is 1.86 bits per heavy atom. The molecule has 7 nitrogen and oxygen atoms in total. The molecule has 4 rings (SSSR count). The summed E-state index contributed by atoms with van der Waals surface area (Å²) in [5.74, 6) is -0.0293. The van der Waals surface area contributed by atoms with Gasteiger partial charge in [-0.3, -0.25) is 9.48 Å². The monoisotopic (exact) mass is 386 g/mol. The second-order valence-corrected chi connectivity index (χ2v) is 7.90. The van der Waals surface area contributed by atoms with E-state index in [-0.39, 0.29) is 17.0 Å². The summed E-state index contributed by atoms with van der Waals surface area (Å²) in [5, 5.41) is 18.0. The van der Waals surface area contributed by atoms with E-state index in [2.05, 4.69) is 47.2 Å². The Morgan fingerprint density at radius 3 is 2.52 bits per heavy atom. The zero-order valence-electron chi connectivity index (χ0n) is 16.8. The van der Waals surface area contributed by atoms with Gasteiger partial charge >= 0.3 is 0 Å². The number of rotatable bonds is 4. The first-order valence-electron chi connectivity index (χ1n) is 9.49. The molecule has 0 fully saturated rings. The summed E-state index contributed by atoms with van der Waals surface area (Å²) in [6.45, 7) is 8.12. The van der Waals surface area contributed by atoms with Crippen molar-refractivity contribution in [1.29, 1.82) is 5.26 Å². The molecule has 0 aliphatic heterocycles. The Morgan fingerprint density at radius 1 is 1.14 bits per heavy atom. The average Bonchev–Trinajstić information content (AvgIpc) is 3.35. The Kier molecular flexibility index (Phi) is 4.35. The van der Waals surface area contributed by atoms with Crippen molar-refractivity contribution >= 4 is 5.65 Å². The summed E-state index contributed by atoms with van der Waals surface area (Å²) in [6, 6.07) is 12.2. The Hall–Kier alpha value is -3.66. The quantitative estimate of drug-likeness (QED) is 0.579. The predicted octanol–water partition coefficient (Wildman–Crippen LogP) is 3.66. The van der Waals surface area contributed by atoms with Gasteiger partial charge in [-0.25, -0.2) is 0 Å². The van der Waals surface area contributed by atoms with Gasteiger partial charge in [0.15, 0.2) is 5.65 Å². The second-order valence-electron chi connectivity index (χ2n) is 7.90. The van der Waals surface area contributed by atoms with Crippen LogP contribution < -0.4 is 5.56 Å². The summed E-state index contributed by atoms with van der Waals surface area (Å²) in [6.07, 6.45) is 5.09. The maximum atomic E-state index is 13.1. The van der Waals surface area contributed by atoms with E-state index in [0.717, 1.165) is 11.1 Å². The average molecular weight is 386 g/mol. The fourth-order valence-corrected chi connectivity index (χ4v) is 3.61. The lowest BCUT2D eigenvalue weighted by atomic mass is 9.94. The van der Waals surface area contributed by atoms with Crippen LogP contribution in [-0.4, -0.2) is 24.4 Å². The number of aromatic amines is 1. The maximum absolute atomic E-state index is 13.1. The Bertz CT molecular complexity index is 1280. The van der Waals surface area contributed by atoms with Gasteiger partial charge in [0.2, 0.25) is 0 Å². The van der Waals surface area contributed by atoms with Crippen LogP contribution in [0.1, 0.15) is 50.3 Å². The normalized spacial score (nSPS) is 11.9. The van der Waals surface area contributed by atoms with Crippen LogP contribution in [0.2, 0.25) is 0 Å². The summed E-state index contributed by atoms with van der Waals surface area (Å²) < 4.78 is 3.15. The summed E-state index contributed by atoms with van der Waals surface area (Å²) >= 11 is 0. The van der Waals surface area contributed by atoms with Gasteiger partial charge in [-0.15, -0.1) is 0 Å². The van der Waals surface area contributed by atoms with Gasteiger partial charge in [0.05, 0.1) is 23.6 Å². The molecule has 0 saturated carbocycles. The summed E-state index contributed by atoms with van der Waals surface area (Å²) in [7, 11) is 0. The zero-order valence-corrected chi connectivity index (χ0v) is 16.8. The first-order valence-corrected chi connectivity index (χ1v) is 9.49. The smallest absolute Gasteiger partial charge is 0.278 e. The zero-order chi connectivity index (χ0) is 20.8. The molecule has 0 saturated heterocycles. The number of H-pyrrole nitrogens is 1. The number of nitriles is 1. The van der Waals surface area contributed by atoms with E-state index < -0.39 is 0 Å². The van der Waals surface area contributed by atoms with Gasteiger partial charge < -0.3 is 4.98 Å². The number of hydrogen-bond acceptors (Lipinski definition) is 4. The molecule has 0 amide bonds. The number of nitrogens with one attached hydrogen (secondary N) is 1. The molecule has 146 valence electrons. The number of aromatic nitrogens is 5. The van der Waals surface area contributed by atoms with E-state index in [1.807, 2.05) is 42.9 Å². The minimum atomic E-state index is -0.365. The lowest BCUT2D eigenvalue weighted by Crippen LogP contribution is -2.28. The maximum Gasteiger partial charge on any atom is 0.278 e. The molecule has 0 radical (unpaired) electrons. The van der Waals surface area contributed by atoms with Crippen molar-refractivity contribution < 1.29 is 0 Å².